The summed E-state index contributed by atoms with van der Waals surface area (Å²) in [6, 6.07) is 0. The smallest absolute Gasteiger partial charge is 0.163 e. The molecule has 1 aliphatic rings. The van der Waals surface area contributed by atoms with Crippen LogP contribution in [0, 0.1) is 5.92 Å². The van der Waals surface area contributed by atoms with Crippen molar-refractivity contribution in [1.82, 2.24) is 19.7 Å². The number of aryl methyl sites for hydroxylation is 1. The zero-order valence-corrected chi connectivity index (χ0v) is 11.5. The van der Waals surface area contributed by atoms with E-state index in [1.807, 2.05) is 19.3 Å². The normalized spacial score (nSPS) is 18.3. The van der Waals surface area contributed by atoms with E-state index in [0.717, 1.165) is 28.7 Å². The molecule has 0 bridgehead atoms. The molecule has 6 heteroatoms. The zero-order valence-electron chi connectivity index (χ0n) is 11.5. The molecule has 2 N–H and O–H groups in total. The molecule has 1 aliphatic heterocycles. The van der Waals surface area contributed by atoms with Crippen LogP contribution < -0.4 is 5.73 Å². The minimum absolute atomic E-state index is 0.354. The van der Waals surface area contributed by atoms with Crippen molar-refractivity contribution in [1.29, 1.82) is 0 Å². The number of aliphatic imine (C=N–C) groups is 1. The average molecular weight is 268 g/mol. The molecule has 20 heavy (non-hydrogen) atoms. The van der Waals surface area contributed by atoms with Gasteiger partial charge in [0.15, 0.2) is 5.65 Å². The quantitative estimate of drug-likeness (QED) is 0.902. The predicted octanol–water partition coefficient (Wildman–Crippen LogP) is 1.95. The Morgan fingerprint density at radius 1 is 1.35 bits per heavy atom. The van der Waals surface area contributed by atoms with Gasteiger partial charge in [-0.1, -0.05) is 19.1 Å². The Morgan fingerprint density at radius 2 is 2.20 bits per heavy atom. The van der Waals surface area contributed by atoms with E-state index in [-0.39, 0.29) is 0 Å². The van der Waals surface area contributed by atoms with Crippen molar-refractivity contribution in [2.75, 3.05) is 5.73 Å². The van der Waals surface area contributed by atoms with E-state index in [9.17, 15) is 0 Å². The Hall–Kier alpha value is -2.50. The van der Waals surface area contributed by atoms with Crippen molar-refractivity contribution >= 4 is 28.6 Å². The van der Waals surface area contributed by atoms with E-state index >= 15 is 0 Å². The third-order valence-corrected chi connectivity index (χ3v) is 3.41. The van der Waals surface area contributed by atoms with Crippen LogP contribution in [0.2, 0.25) is 0 Å². The van der Waals surface area contributed by atoms with Crippen LogP contribution in [-0.4, -0.2) is 26.0 Å². The first-order valence-electron chi connectivity index (χ1n) is 6.56. The summed E-state index contributed by atoms with van der Waals surface area (Å²) in [7, 11) is 1.84. The lowest BCUT2D eigenvalue weighted by atomic mass is 10.1. The molecule has 3 heterocycles. The highest BCUT2D eigenvalue weighted by Gasteiger charge is 2.16. The predicted molar refractivity (Wildman–Crippen MR) is 80.1 cm³/mol. The van der Waals surface area contributed by atoms with Gasteiger partial charge in [0, 0.05) is 31.0 Å². The number of hydrogen-bond acceptors (Lipinski definition) is 5. The first kappa shape index (κ1) is 12.5. The van der Waals surface area contributed by atoms with Gasteiger partial charge >= 0.3 is 0 Å². The number of aromatic nitrogens is 4. The second-order valence-corrected chi connectivity index (χ2v) is 4.74. The molecule has 3 rings (SSSR count). The molecule has 0 saturated carbocycles. The topological polar surface area (TPSA) is 82.0 Å². The molecule has 0 saturated heterocycles. The standard InChI is InChI=1S/C14H16N6/c1-3-9-4-5-10(7-16-6-9)12-11-13(15)17-8-18-14(11)20(2)19-12/h4-9H,3H2,1-2H3,(H2,15,17,18). The van der Waals surface area contributed by atoms with E-state index in [2.05, 4.69) is 33.1 Å². The molecule has 6 nitrogen and oxygen atoms in total. The largest absolute Gasteiger partial charge is 0.383 e. The second kappa shape index (κ2) is 4.88. The molecule has 0 radical (unpaired) electrons. The minimum Gasteiger partial charge on any atom is -0.383 e. The fourth-order valence-electron chi connectivity index (χ4n) is 2.25. The summed E-state index contributed by atoms with van der Waals surface area (Å²) in [5.74, 6) is 0.792. The first-order chi connectivity index (χ1) is 9.70. The summed E-state index contributed by atoms with van der Waals surface area (Å²) in [5, 5.41) is 5.28. The third-order valence-electron chi connectivity index (χ3n) is 3.41. The maximum absolute atomic E-state index is 5.98. The summed E-state index contributed by atoms with van der Waals surface area (Å²) in [4.78, 5) is 12.6. The van der Waals surface area contributed by atoms with Gasteiger partial charge in [-0.3, -0.25) is 4.99 Å². The van der Waals surface area contributed by atoms with Gasteiger partial charge < -0.3 is 5.73 Å². The van der Waals surface area contributed by atoms with Gasteiger partial charge in [0.1, 0.15) is 17.8 Å². The Balaban J connectivity index is 2.16. The highest BCUT2D eigenvalue weighted by Crippen LogP contribution is 2.28. The van der Waals surface area contributed by atoms with Gasteiger partial charge in [-0.15, -0.1) is 0 Å². The maximum Gasteiger partial charge on any atom is 0.163 e. The van der Waals surface area contributed by atoms with Crippen LogP contribution in [0.1, 0.15) is 19.0 Å². The molecule has 0 spiro atoms. The molecule has 0 fully saturated rings. The molecular formula is C14H16N6. The van der Waals surface area contributed by atoms with Crippen molar-refractivity contribution in [2.45, 2.75) is 13.3 Å². The van der Waals surface area contributed by atoms with Crippen LogP contribution >= 0.6 is 0 Å². The Labute approximate surface area is 116 Å². The molecule has 1 atom stereocenters. The average Bonchev–Trinajstić information content (AvgIpc) is 2.65. The lowest BCUT2D eigenvalue weighted by molar-refractivity contribution is 0.780. The van der Waals surface area contributed by atoms with E-state index < -0.39 is 0 Å². The second-order valence-electron chi connectivity index (χ2n) is 4.74. The van der Waals surface area contributed by atoms with Gasteiger partial charge in [-0.25, -0.2) is 14.6 Å². The molecule has 1 unspecified atom stereocenters. The summed E-state index contributed by atoms with van der Waals surface area (Å²) in [5.41, 5.74) is 8.39. The molecule has 0 aromatic carbocycles. The van der Waals surface area contributed by atoms with Gasteiger partial charge in [-0.05, 0) is 6.42 Å². The number of nitrogens with two attached hydrogens (primary N) is 1. The monoisotopic (exact) mass is 268 g/mol. The molecule has 102 valence electrons. The zero-order chi connectivity index (χ0) is 14.1. The van der Waals surface area contributed by atoms with Crippen LogP contribution in [-0.2, 0) is 7.05 Å². The van der Waals surface area contributed by atoms with Crippen LogP contribution in [0.25, 0.3) is 16.6 Å². The van der Waals surface area contributed by atoms with Crippen LogP contribution in [0.5, 0.6) is 0 Å². The number of nitrogens with zero attached hydrogens (tertiary/aromatic N) is 5. The summed E-state index contributed by atoms with van der Waals surface area (Å²) in [6.07, 6.45) is 10.4. The maximum atomic E-state index is 5.98. The Morgan fingerprint density at radius 3 is 3.00 bits per heavy atom. The van der Waals surface area contributed by atoms with Crippen molar-refractivity contribution < 1.29 is 0 Å². The first-order valence-corrected chi connectivity index (χ1v) is 6.56. The third kappa shape index (κ3) is 1.99. The van der Waals surface area contributed by atoms with Gasteiger partial charge in [0.2, 0.25) is 0 Å². The van der Waals surface area contributed by atoms with E-state index in [0.29, 0.717) is 11.7 Å². The van der Waals surface area contributed by atoms with E-state index in [1.54, 1.807) is 10.9 Å². The van der Waals surface area contributed by atoms with Crippen molar-refractivity contribution in [2.24, 2.45) is 18.0 Å². The lowest BCUT2D eigenvalue weighted by Crippen LogP contribution is -1.95. The van der Waals surface area contributed by atoms with Crippen LogP contribution in [0.15, 0.2) is 29.7 Å². The molecule has 0 aliphatic carbocycles. The number of hydrogen-bond donors (Lipinski definition) is 1. The van der Waals surface area contributed by atoms with Gasteiger partial charge in [0.25, 0.3) is 0 Å². The lowest BCUT2D eigenvalue weighted by Gasteiger charge is -2.00. The van der Waals surface area contributed by atoms with Gasteiger partial charge in [-0.2, -0.15) is 5.10 Å². The van der Waals surface area contributed by atoms with E-state index in [1.165, 1.54) is 6.33 Å². The highest BCUT2D eigenvalue weighted by molar-refractivity contribution is 5.97. The van der Waals surface area contributed by atoms with Crippen LogP contribution in [0.3, 0.4) is 0 Å². The van der Waals surface area contributed by atoms with Crippen molar-refractivity contribution in [3.8, 4) is 0 Å². The number of anilines is 1. The molecule has 2 aromatic heterocycles. The number of fused-ring (bicyclic) bond motifs is 1. The summed E-state index contributed by atoms with van der Waals surface area (Å²) >= 11 is 0. The van der Waals surface area contributed by atoms with Crippen LogP contribution in [0.4, 0.5) is 5.82 Å². The fourth-order valence-corrected chi connectivity index (χ4v) is 2.25. The Bertz CT molecular complexity index is 737. The van der Waals surface area contributed by atoms with Crippen molar-refractivity contribution in [3.05, 3.63) is 30.4 Å². The molecule has 0 amide bonds. The Kier molecular flexibility index (Phi) is 3.06. The summed E-state index contributed by atoms with van der Waals surface area (Å²) in [6.45, 7) is 2.13. The minimum atomic E-state index is 0.354. The summed E-state index contributed by atoms with van der Waals surface area (Å²) < 4.78 is 1.71. The van der Waals surface area contributed by atoms with Crippen molar-refractivity contribution in [3.63, 3.8) is 0 Å². The molecular weight excluding hydrogens is 252 g/mol. The number of nitrogen functional groups attached to an aromatic ring is 1. The number of allylic oxidation sites excluding steroid dienone is 3. The SMILES string of the molecule is CCC1C=CC(c2nn(C)c3ncnc(N)c23)=CN=C1. The fraction of sp³-hybridized carbons (Fsp3) is 0.286. The number of rotatable bonds is 2. The highest BCUT2D eigenvalue weighted by atomic mass is 15.3. The molecule has 2 aromatic rings. The van der Waals surface area contributed by atoms with Gasteiger partial charge in [0.05, 0.1) is 5.39 Å². The van der Waals surface area contributed by atoms with E-state index in [4.69, 9.17) is 5.73 Å².